The van der Waals surface area contributed by atoms with Crippen LogP contribution < -0.4 is 21.1 Å². The molecule has 17 nitrogen and oxygen atoms in total. The number of nitrogens with one attached hydrogen (secondary N) is 3. The maximum Gasteiger partial charge on any atom is 0.265 e. The number of thioether (sulfide) groups is 1. The number of aliphatic hydroxyl groups is 2. The lowest BCUT2D eigenvalue weighted by Gasteiger charge is -2.26. The third-order valence-corrected chi connectivity index (χ3v) is 11.5. The molecule has 1 amide bonds. The Kier molecular flexibility index (Phi) is 15.4. The molecular formula is C43H49F4IN14O3S. The molecule has 7 N–H and O–H groups in total. The first-order valence-corrected chi connectivity index (χ1v) is 21.7. The molecule has 2 fully saturated rings. The molecular weight excluding hydrogens is 996 g/mol. The van der Waals surface area contributed by atoms with Gasteiger partial charge in [0.25, 0.3) is 5.91 Å². The van der Waals surface area contributed by atoms with Crippen LogP contribution in [0.25, 0.3) is 22.7 Å². The van der Waals surface area contributed by atoms with E-state index in [-0.39, 0.29) is 36.1 Å². The number of hydrogen-bond donors (Lipinski definition) is 6. The molecule has 2 atom stereocenters. The molecule has 7 aromatic rings. The number of nitrogens with zero attached hydrogens (tertiary/aromatic N) is 10. The second-order valence-electron chi connectivity index (χ2n) is 16.4. The molecule has 0 spiro atoms. The summed E-state index contributed by atoms with van der Waals surface area (Å²) in [6.45, 7) is 7.33. The van der Waals surface area contributed by atoms with E-state index in [1.807, 2.05) is 27.5 Å². The van der Waals surface area contributed by atoms with E-state index in [1.54, 1.807) is 53.7 Å². The molecule has 5 aromatic heterocycles. The summed E-state index contributed by atoms with van der Waals surface area (Å²) in [7, 11) is 0. The summed E-state index contributed by atoms with van der Waals surface area (Å²) >= 11 is 1.32. The third-order valence-electron chi connectivity index (χ3n) is 10.9. The van der Waals surface area contributed by atoms with Gasteiger partial charge in [-0.25, -0.2) is 47.4 Å². The topological polar surface area (TPSA) is 228 Å². The van der Waals surface area contributed by atoms with Crippen molar-refractivity contribution in [3.63, 3.8) is 0 Å². The van der Waals surface area contributed by atoms with Crippen LogP contribution in [0.2, 0.25) is 0 Å². The average Bonchev–Trinajstić information content (AvgIpc) is 4.13. The quantitative estimate of drug-likeness (QED) is 0.0176. The van der Waals surface area contributed by atoms with E-state index < -0.39 is 40.4 Å². The predicted octanol–water partition coefficient (Wildman–Crippen LogP) is 6.76. The molecule has 0 bridgehead atoms. The van der Waals surface area contributed by atoms with Crippen molar-refractivity contribution in [1.29, 1.82) is 5.41 Å². The number of aromatic nitrogens is 9. The van der Waals surface area contributed by atoms with Crippen LogP contribution in [0, 0.1) is 28.7 Å². The van der Waals surface area contributed by atoms with Gasteiger partial charge in [0.15, 0.2) is 22.9 Å². The van der Waals surface area contributed by atoms with E-state index >= 15 is 0 Å². The highest BCUT2D eigenvalue weighted by Crippen LogP contribution is 2.39. The van der Waals surface area contributed by atoms with Crippen molar-refractivity contribution in [3.8, 4) is 11.4 Å². The fraction of sp³-hybridized carbons (Fsp3) is 0.349. The largest absolute Gasteiger partial charge is 0.382 e. The Morgan fingerprint density at radius 2 is 1.33 bits per heavy atom. The van der Waals surface area contributed by atoms with Crippen LogP contribution in [0.5, 0.6) is 0 Å². The van der Waals surface area contributed by atoms with Gasteiger partial charge in [-0.1, -0.05) is 0 Å². The first kappa shape index (κ1) is 49.7. The van der Waals surface area contributed by atoms with Crippen molar-refractivity contribution in [2.75, 3.05) is 29.1 Å². The van der Waals surface area contributed by atoms with E-state index in [2.05, 4.69) is 30.4 Å². The van der Waals surface area contributed by atoms with Crippen molar-refractivity contribution < 1.29 is 32.6 Å². The van der Waals surface area contributed by atoms with Gasteiger partial charge >= 0.3 is 0 Å². The molecule has 0 radical (unpaired) electrons. The van der Waals surface area contributed by atoms with Gasteiger partial charge in [-0.2, -0.15) is 15.3 Å². The average molecular weight is 1040 g/mol. The van der Waals surface area contributed by atoms with E-state index in [4.69, 9.17) is 21.3 Å². The normalized spacial score (nSPS) is 16.1. The molecule has 9 rings (SSSR count). The summed E-state index contributed by atoms with van der Waals surface area (Å²) in [6.07, 6.45) is 11.8. The number of anilines is 2. The maximum atomic E-state index is 14.4. The molecule has 23 heteroatoms. The Morgan fingerprint density at radius 3 is 1.80 bits per heavy atom. The van der Waals surface area contributed by atoms with Gasteiger partial charge in [-0.3, -0.25) is 20.7 Å². The molecule has 66 heavy (non-hydrogen) atoms. The highest BCUT2D eigenvalue weighted by molar-refractivity contribution is 14.0. The molecule has 2 saturated heterocycles. The number of hydrogen-bond acceptors (Lipinski definition) is 14. The number of carbonyl (C=O) groups excluding carboxylic acids is 1. The number of rotatable bonds is 8. The van der Waals surface area contributed by atoms with E-state index in [1.165, 1.54) is 43.8 Å². The Bertz CT molecular complexity index is 2850. The van der Waals surface area contributed by atoms with Crippen LogP contribution in [-0.2, 0) is 10.4 Å². The Morgan fingerprint density at radius 1 is 0.818 bits per heavy atom. The minimum atomic E-state index is -1.37. The SMILES string of the molecule is CC(C)(O)C(=O)NN.CC(C)(O)c1nc(-c2cnn3ccc(N4CCC[C@@H]4c4cc(F)ccc4F)nc23)n[nH]1.CSC(=N)c1cnn2ccc(N3CCC[C@@H]3c3cc(F)ccc3F)nc12.I. The number of aromatic amines is 1. The Hall–Kier alpha value is -5.76. The molecule has 2 aromatic carbocycles. The van der Waals surface area contributed by atoms with Gasteiger partial charge in [0.05, 0.1) is 40.6 Å². The zero-order chi connectivity index (χ0) is 46.8. The van der Waals surface area contributed by atoms with Crippen LogP contribution in [0.1, 0.15) is 88.0 Å². The van der Waals surface area contributed by atoms with E-state index in [9.17, 15) is 27.5 Å². The summed E-state index contributed by atoms with van der Waals surface area (Å²) in [5.74, 6) is 4.40. The summed E-state index contributed by atoms with van der Waals surface area (Å²) in [6, 6.07) is 10.2. The molecule has 350 valence electrons. The number of amides is 1. The van der Waals surface area contributed by atoms with Crippen LogP contribution >= 0.6 is 35.7 Å². The molecule has 2 aliphatic rings. The van der Waals surface area contributed by atoms with Crippen molar-refractivity contribution in [2.45, 2.75) is 76.7 Å². The third kappa shape index (κ3) is 10.7. The highest BCUT2D eigenvalue weighted by Gasteiger charge is 2.32. The molecule has 0 unspecified atom stereocenters. The summed E-state index contributed by atoms with van der Waals surface area (Å²) in [4.78, 5) is 28.1. The zero-order valence-corrected chi connectivity index (χ0v) is 39.7. The highest BCUT2D eigenvalue weighted by atomic mass is 127. The van der Waals surface area contributed by atoms with E-state index in [0.29, 0.717) is 81.4 Å². The number of carbonyl (C=O) groups is 1. The van der Waals surface area contributed by atoms with Crippen LogP contribution in [0.15, 0.2) is 73.3 Å². The van der Waals surface area contributed by atoms with Crippen LogP contribution in [0.4, 0.5) is 29.2 Å². The summed E-state index contributed by atoms with van der Waals surface area (Å²) < 4.78 is 59.3. The first-order chi connectivity index (χ1) is 30.9. The number of hydrazine groups is 1. The Labute approximate surface area is 397 Å². The number of nitrogens with two attached hydrogens (primary N) is 1. The Balaban J connectivity index is 0.000000187. The molecule has 0 aliphatic carbocycles. The smallest absolute Gasteiger partial charge is 0.265 e. The maximum absolute atomic E-state index is 14.4. The van der Waals surface area contributed by atoms with Gasteiger partial charge in [0.1, 0.15) is 46.1 Å². The second kappa shape index (κ2) is 20.4. The van der Waals surface area contributed by atoms with Gasteiger partial charge < -0.3 is 20.0 Å². The minimum Gasteiger partial charge on any atom is -0.382 e. The van der Waals surface area contributed by atoms with E-state index in [0.717, 1.165) is 37.5 Å². The second-order valence-corrected chi connectivity index (χ2v) is 17.2. The number of H-pyrrole nitrogens is 1. The van der Waals surface area contributed by atoms with Crippen molar-refractivity contribution in [2.24, 2.45) is 5.84 Å². The van der Waals surface area contributed by atoms with Gasteiger partial charge in [0, 0.05) is 36.6 Å². The van der Waals surface area contributed by atoms with Crippen LogP contribution in [0.3, 0.4) is 0 Å². The standard InChI is InChI=1S/C21H21F2N7O.C18H17F2N5S.C4H10N2O2.HI/c1-21(2,31)20-26-18(27-28-20)14-11-24-30-9-7-17(25-19(14)30)29-8-3-4-16(29)13-10-12(22)5-6-15(13)23;1-26-17(21)13-10-22-25-8-6-16(23-18(13)25)24-7-2-3-15(24)12-9-11(19)4-5-14(12)20;1-4(2,8)3(7)6-5;/h5-7,9-11,16,31H,3-4,8H2,1-2H3,(H,26,27,28);4-6,8-10,15,21H,2-3,7H2,1H3;8H,5H2,1-2H3,(H,6,7);1H/t16-;15-;;/m11../s1. The lowest BCUT2D eigenvalue weighted by molar-refractivity contribution is -0.136. The minimum absolute atomic E-state index is 0. The zero-order valence-electron chi connectivity index (χ0n) is 36.5. The van der Waals surface area contributed by atoms with Crippen molar-refractivity contribution in [3.05, 3.63) is 119 Å². The molecule has 7 heterocycles. The van der Waals surface area contributed by atoms with Gasteiger partial charge in [-0.15, -0.1) is 35.7 Å². The summed E-state index contributed by atoms with van der Waals surface area (Å²) in [5, 5.41) is 42.8. The molecule has 2 aliphatic heterocycles. The lowest BCUT2D eigenvalue weighted by Crippen LogP contribution is -2.45. The monoisotopic (exact) mass is 1040 g/mol. The van der Waals surface area contributed by atoms with Crippen molar-refractivity contribution >= 4 is 69.6 Å². The van der Waals surface area contributed by atoms with Crippen molar-refractivity contribution in [1.82, 2.24) is 49.8 Å². The van der Waals surface area contributed by atoms with Crippen LogP contribution in [-0.4, -0.2) is 90.5 Å². The van der Waals surface area contributed by atoms with Gasteiger partial charge in [-0.05, 0) is 108 Å². The fourth-order valence-corrected chi connectivity index (χ4v) is 7.93. The lowest BCUT2D eigenvalue weighted by atomic mass is 10.0. The molecule has 0 saturated carbocycles. The van der Waals surface area contributed by atoms with Gasteiger partial charge in [0.2, 0.25) is 0 Å². The first-order valence-electron chi connectivity index (χ1n) is 20.5. The number of halogens is 5. The number of benzene rings is 2. The summed E-state index contributed by atoms with van der Waals surface area (Å²) in [5.41, 5.74) is 2.35. The number of fused-ring (bicyclic) bond motifs is 2. The predicted molar refractivity (Wildman–Crippen MR) is 252 cm³/mol. The fourth-order valence-electron chi connectivity index (χ4n) is 7.57.